The molecular formula is C15H23Cl2NO. The van der Waals surface area contributed by atoms with Gasteiger partial charge >= 0.3 is 0 Å². The maximum atomic E-state index is 6.14. The van der Waals surface area contributed by atoms with Gasteiger partial charge in [-0.1, -0.05) is 18.0 Å². The highest BCUT2D eigenvalue weighted by atomic mass is 35.5. The van der Waals surface area contributed by atoms with Gasteiger partial charge in [-0.05, 0) is 62.9 Å². The van der Waals surface area contributed by atoms with Gasteiger partial charge in [0.05, 0.1) is 6.61 Å². The molecule has 1 fully saturated rings. The van der Waals surface area contributed by atoms with E-state index in [2.05, 4.69) is 5.32 Å². The van der Waals surface area contributed by atoms with Crippen LogP contribution in [-0.4, -0.2) is 19.2 Å². The summed E-state index contributed by atoms with van der Waals surface area (Å²) < 4.78 is 5.83. The number of benzene rings is 1. The van der Waals surface area contributed by atoms with Crippen LogP contribution in [-0.2, 0) is 0 Å². The standard InChI is InChI=1S/C15H22ClNO.ClH/c1-11-9-14(10-12(2)15(11)16)18-8-6-13-5-3-4-7-17-13;/h9-10,13,17H,3-8H2,1-2H3;1H. The molecule has 1 aromatic rings. The number of rotatable bonds is 4. The van der Waals surface area contributed by atoms with Crippen LogP contribution in [0.1, 0.15) is 36.8 Å². The second-order valence-electron chi connectivity index (χ2n) is 5.16. The number of halogens is 2. The number of hydrogen-bond donors (Lipinski definition) is 1. The van der Waals surface area contributed by atoms with Gasteiger partial charge in [-0.25, -0.2) is 0 Å². The Morgan fingerprint density at radius 2 is 1.95 bits per heavy atom. The van der Waals surface area contributed by atoms with Crippen LogP contribution in [0.25, 0.3) is 0 Å². The smallest absolute Gasteiger partial charge is 0.119 e. The Balaban J connectivity index is 0.00000180. The van der Waals surface area contributed by atoms with Gasteiger partial charge in [0, 0.05) is 11.1 Å². The first kappa shape index (κ1) is 16.6. The second-order valence-corrected chi connectivity index (χ2v) is 5.53. The SMILES string of the molecule is Cc1cc(OCCC2CCCCN2)cc(C)c1Cl.Cl. The molecule has 0 aromatic heterocycles. The molecule has 1 unspecified atom stereocenters. The van der Waals surface area contributed by atoms with Gasteiger partial charge in [-0.3, -0.25) is 0 Å². The van der Waals surface area contributed by atoms with Crippen molar-refractivity contribution in [1.29, 1.82) is 0 Å². The third kappa shape index (κ3) is 4.87. The number of piperidine rings is 1. The van der Waals surface area contributed by atoms with E-state index in [1.807, 2.05) is 26.0 Å². The van der Waals surface area contributed by atoms with E-state index in [1.165, 1.54) is 19.3 Å². The fraction of sp³-hybridized carbons (Fsp3) is 0.600. The molecule has 1 aromatic carbocycles. The topological polar surface area (TPSA) is 21.3 Å². The minimum atomic E-state index is 0. The highest BCUT2D eigenvalue weighted by molar-refractivity contribution is 6.32. The van der Waals surface area contributed by atoms with Crippen LogP contribution >= 0.6 is 24.0 Å². The zero-order valence-corrected chi connectivity index (χ0v) is 13.2. The molecule has 0 amide bonds. The van der Waals surface area contributed by atoms with E-state index >= 15 is 0 Å². The average Bonchev–Trinajstić information content (AvgIpc) is 2.37. The third-order valence-corrected chi connectivity index (χ3v) is 4.15. The number of ether oxygens (including phenoxy) is 1. The minimum absolute atomic E-state index is 0. The second kappa shape index (κ2) is 7.98. The largest absolute Gasteiger partial charge is 0.494 e. The van der Waals surface area contributed by atoms with E-state index in [9.17, 15) is 0 Å². The fourth-order valence-corrected chi connectivity index (χ4v) is 2.59. The summed E-state index contributed by atoms with van der Waals surface area (Å²) in [6, 6.07) is 4.67. The van der Waals surface area contributed by atoms with E-state index in [-0.39, 0.29) is 12.4 Å². The number of nitrogens with one attached hydrogen (secondary N) is 1. The van der Waals surface area contributed by atoms with Crippen LogP contribution in [0.15, 0.2) is 12.1 Å². The Kier molecular flexibility index (Phi) is 6.98. The summed E-state index contributed by atoms with van der Waals surface area (Å²) in [6.45, 7) is 5.97. The zero-order chi connectivity index (χ0) is 13.0. The van der Waals surface area contributed by atoms with Crippen molar-refractivity contribution in [2.75, 3.05) is 13.2 Å². The molecule has 1 saturated heterocycles. The Morgan fingerprint density at radius 3 is 2.53 bits per heavy atom. The normalized spacial score (nSPS) is 18.8. The van der Waals surface area contributed by atoms with E-state index in [4.69, 9.17) is 16.3 Å². The molecule has 1 atom stereocenters. The molecule has 2 nitrogen and oxygen atoms in total. The van der Waals surface area contributed by atoms with Crippen molar-refractivity contribution < 1.29 is 4.74 Å². The molecular weight excluding hydrogens is 281 g/mol. The summed E-state index contributed by atoms with van der Waals surface area (Å²) >= 11 is 6.14. The molecule has 0 saturated carbocycles. The minimum Gasteiger partial charge on any atom is -0.494 e. The molecule has 108 valence electrons. The Labute approximate surface area is 127 Å². The summed E-state index contributed by atoms with van der Waals surface area (Å²) in [5, 5.41) is 4.38. The van der Waals surface area contributed by atoms with Crippen molar-refractivity contribution in [2.24, 2.45) is 0 Å². The highest BCUT2D eigenvalue weighted by Crippen LogP contribution is 2.26. The first-order valence-electron chi connectivity index (χ1n) is 6.80. The average molecular weight is 304 g/mol. The molecule has 4 heteroatoms. The van der Waals surface area contributed by atoms with Crippen molar-refractivity contribution >= 4 is 24.0 Å². The van der Waals surface area contributed by atoms with Gasteiger partial charge in [0.15, 0.2) is 0 Å². The molecule has 0 spiro atoms. The van der Waals surface area contributed by atoms with Gasteiger partial charge in [0.25, 0.3) is 0 Å². The summed E-state index contributed by atoms with van der Waals surface area (Å²) in [6.07, 6.45) is 5.02. The summed E-state index contributed by atoms with van der Waals surface area (Å²) in [4.78, 5) is 0. The molecule has 0 aliphatic carbocycles. The Hall–Kier alpha value is -0.440. The predicted octanol–water partition coefficient (Wildman–Crippen LogP) is 4.29. The van der Waals surface area contributed by atoms with E-state index in [1.54, 1.807) is 0 Å². The van der Waals surface area contributed by atoms with Gasteiger partial charge in [0.1, 0.15) is 5.75 Å². The lowest BCUT2D eigenvalue weighted by Gasteiger charge is -2.23. The van der Waals surface area contributed by atoms with Crippen molar-refractivity contribution in [3.05, 3.63) is 28.3 Å². The Bertz CT molecular complexity index is 380. The molecule has 2 rings (SSSR count). The van der Waals surface area contributed by atoms with Crippen molar-refractivity contribution in [3.8, 4) is 5.75 Å². The van der Waals surface area contributed by atoms with Crippen LogP contribution in [0.2, 0.25) is 5.02 Å². The van der Waals surface area contributed by atoms with E-state index in [0.717, 1.165) is 41.5 Å². The molecule has 0 bridgehead atoms. The first-order valence-corrected chi connectivity index (χ1v) is 7.17. The van der Waals surface area contributed by atoms with Crippen LogP contribution in [0.4, 0.5) is 0 Å². The van der Waals surface area contributed by atoms with Gasteiger partial charge in [-0.2, -0.15) is 0 Å². The summed E-state index contributed by atoms with van der Waals surface area (Å²) in [5.41, 5.74) is 2.17. The molecule has 19 heavy (non-hydrogen) atoms. The summed E-state index contributed by atoms with van der Waals surface area (Å²) in [7, 11) is 0. The molecule has 1 heterocycles. The third-order valence-electron chi connectivity index (χ3n) is 3.56. The lowest BCUT2D eigenvalue weighted by Crippen LogP contribution is -2.35. The molecule has 1 N–H and O–H groups in total. The van der Waals surface area contributed by atoms with Gasteiger partial charge < -0.3 is 10.1 Å². The monoisotopic (exact) mass is 303 g/mol. The van der Waals surface area contributed by atoms with Gasteiger partial charge in [0.2, 0.25) is 0 Å². The summed E-state index contributed by atoms with van der Waals surface area (Å²) in [5.74, 6) is 0.935. The van der Waals surface area contributed by atoms with Crippen molar-refractivity contribution in [2.45, 2.75) is 45.6 Å². The van der Waals surface area contributed by atoms with Crippen LogP contribution < -0.4 is 10.1 Å². The van der Waals surface area contributed by atoms with Crippen molar-refractivity contribution in [1.82, 2.24) is 5.32 Å². The lowest BCUT2D eigenvalue weighted by molar-refractivity contribution is 0.268. The predicted molar refractivity (Wildman–Crippen MR) is 83.9 cm³/mol. The quantitative estimate of drug-likeness (QED) is 0.896. The van der Waals surface area contributed by atoms with Crippen LogP contribution in [0.5, 0.6) is 5.75 Å². The van der Waals surface area contributed by atoms with Crippen LogP contribution in [0.3, 0.4) is 0 Å². The van der Waals surface area contributed by atoms with E-state index < -0.39 is 0 Å². The highest BCUT2D eigenvalue weighted by Gasteiger charge is 2.12. The molecule has 0 radical (unpaired) electrons. The molecule has 1 aliphatic heterocycles. The molecule has 1 aliphatic rings. The maximum absolute atomic E-state index is 6.14. The number of hydrogen-bond acceptors (Lipinski definition) is 2. The van der Waals surface area contributed by atoms with Crippen LogP contribution in [0, 0.1) is 13.8 Å². The van der Waals surface area contributed by atoms with E-state index in [0.29, 0.717) is 6.04 Å². The lowest BCUT2D eigenvalue weighted by atomic mass is 10.0. The fourth-order valence-electron chi connectivity index (χ4n) is 2.48. The maximum Gasteiger partial charge on any atom is 0.119 e. The van der Waals surface area contributed by atoms with Crippen molar-refractivity contribution in [3.63, 3.8) is 0 Å². The number of aryl methyl sites for hydroxylation is 2. The first-order chi connectivity index (χ1) is 8.66. The Morgan fingerprint density at radius 1 is 1.26 bits per heavy atom. The van der Waals surface area contributed by atoms with Gasteiger partial charge in [-0.15, -0.1) is 12.4 Å². The zero-order valence-electron chi connectivity index (χ0n) is 11.7.